The number of hydrogen-bond acceptors (Lipinski definition) is 3. The molecule has 0 aliphatic heterocycles. The smallest absolute Gasteiger partial charge is 0.117 e. The average Bonchev–Trinajstić information content (AvgIpc) is 2.36. The Bertz CT molecular complexity index is 469. The van der Waals surface area contributed by atoms with Crippen LogP contribution in [0.2, 0.25) is 0 Å². The van der Waals surface area contributed by atoms with Gasteiger partial charge in [-0.3, -0.25) is 0 Å². The maximum absolute atomic E-state index is 9.12. The molecule has 0 atom stereocenters. The first-order chi connectivity index (χ1) is 8.63. The van der Waals surface area contributed by atoms with E-state index in [4.69, 9.17) is 10.2 Å². The van der Waals surface area contributed by atoms with Crippen molar-refractivity contribution in [1.82, 2.24) is 0 Å². The van der Waals surface area contributed by atoms with Gasteiger partial charge in [-0.05, 0) is 37.6 Å². The summed E-state index contributed by atoms with van der Waals surface area (Å²) in [5.74, 6) is 0.633. The Labute approximate surface area is 108 Å². The monoisotopic (exact) mass is 245 g/mol. The number of aromatic hydroxyl groups is 2. The largest absolute Gasteiger partial charge is 0.508 e. The van der Waals surface area contributed by atoms with Gasteiger partial charge in [-0.15, -0.1) is 0 Å². The van der Waals surface area contributed by atoms with Crippen LogP contribution in [0.5, 0.6) is 11.5 Å². The number of hydrogen-bond donors (Lipinski definition) is 3. The highest BCUT2D eigenvalue weighted by Crippen LogP contribution is 2.20. The van der Waals surface area contributed by atoms with Crippen LogP contribution in [0.1, 0.15) is 12.5 Å². The van der Waals surface area contributed by atoms with Crippen molar-refractivity contribution < 1.29 is 10.2 Å². The Hall–Kier alpha value is -2.16. The van der Waals surface area contributed by atoms with Gasteiger partial charge in [0.2, 0.25) is 0 Å². The molecular formula is C15H19NO2. The van der Waals surface area contributed by atoms with Crippen LogP contribution < -0.4 is 5.32 Å². The molecule has 0 unspecified atom stereocenters. The zero-order chi connectivity index (χ0) is 13.4. The normalized spacial score (nSPS) is 9.22. The fourth-order valence-electron chi connectivity index (χ4n) is 1.42. The molecule has 3 nitrogen and oxygen atoms in total. The Morgan fingerprint density at radius 1 is 0.944 bits per heavy atom. The number of para-hydroxylation sites is 1. The molecule has 0 radical (unpaired) electrons. The first-order valence-electron chi connectivity index (χ1n) is 5.91. The minimum absolute atomic E-state index is 0.312. The molecule has 0 spiro atoms. The quantitative estimate of drug-likeness (QED) is 0.758. The van der Waals surface area contributed by atoms with E-state index in [1.807, 2.05) is 26.0 Å². The summed E-state index contributed by atoms with van der Waals surface area (Å²) >= 11 is 0. The van der Waals surface area contributed by atoms with E-state index in [9.17, 15) is 0 Å². The topological polar surface area (TPSA) is 52.5 Å². The van der Waals surface area contributed by atoms with Crippen molar-refractivity contribution in [2.45, 2.75) is 13.8 Å². The van der Waals surface area contributed by atoms with E-state index < -0.39 is 0 Å². The molecule has 3 heteroatoms. The molecule has 0 saturated heterocycles. The van der Waals surface area contributed by atoms with Gasteiger partial charge in [0.05, 0.1) is 0 Å². The van der Waals surface area contributed by atoms with E-state index >= 15 is 0 Å². The van der Waals surface area contributed by atoms with Gasteiger partial charge in [0, 0.05) is 18.3 Å². The molecule has 0 aromatic heterocycles. The van der Waals surface area contributed by atoms with Crippen LogP contribution in [-0.2, 0) is 0 Å². The van der Waals surface area contributed by atoms with Crippen molar-refractivity contribution >= 4 is 5.69 Å². The van der Waals surface area contributed by atoms with Gasteiger partial charge >= 0.3 is 0 Å². The number of rotatable bonds is 2. The maximum atomic E-state index is 9.12. The molecular weight excluding hydrogens is 226 g/mol. The van der Waals surface area contributed by atoms with Crippen molar-refractivity contribution in [3.8, 4) is 11.5 Å². The highest BCUT2D eigenvalue weighted by molar-refractivity contribution is 5.54. The van der Waals surface area contributed by atoms with Crippen LogP contribution in [0, 0.1) is 6.92 Å². The van der Waals surface area contributed by atoms with Crippen molar-refractivity contribution in [3.05, 3.63) is 54.1 Å². The van der Waals surface area contributed by atoms with Gasteiger partial charge < -0.3 is 15.5 Å². The molecule has 0 bridgehead atoms. The SMILES string of the molecule is CCNc1cc(O)ccc1C.Oc1ccccc1. The highest BCUT2D eigenvalue weighted by Gasteiger charge is 1.96. The van der Waals surface area contributed by atoms with Crippen LogP contribution in [-0.4, -0.2) is 16.8 Å². The standard InChI is InChI=1S/C9H13NO.C6H6O/c1-3-10-9-6-8(11)5-4-7(9)2;7-6-4-2-1-3-5-6/h4-6,10-11H,3H2,1-2H3;1-5,7H. The average molecular weight is 245 g/mol. The highest BCUT2D eigenvalue weighted by atomic mass is 16.3. The minimum atomic E-state index is 0.312. The van der Waals surface area contributed by atoms with Gasteiger partial charge in [-0.2, -0.15) is 0 Å². The summed E-state index contributed by atoms with van der Waals surface area (Å²) in [6, 6.07) is 14.0. The second kappa shape index (κ2) is 7.22. The van der Waals surface area contributed by atoms with E-state index in [1.165, 1.54) is 0 Å². The third-order valence-corrected chi connectivity index (χ3v) is 2.34. The molecule has 18 heavy (non-hydrogen) atoms. The number of nitrogens with one attached hydrogen (secondary N) is 1. The summed E-state index contributed by atoms with van der Waals surface area (Å²) in [6.07, 6.45) is 0. The van der Waals surface area contributed by atoms with Crippen LogP contribution in [0.4, 0.5) is 5.69 Å². The lowest BCUT2D eigenvalue weighted by atomic mass is 10.2. The van der Waals surface area contributed by atoms with Crippen LogP contribution in [0.15, 0.2) is 48.5 Å². The van der Waals surface area contributed by atoms with E-state index in [1.54, 1.807) is 36.4 Å². The zero-order valence-corrected chi connectivity index (χ0v) is 10.7. The van der Waals surface area contributed by atoms with Crippen molar-refractivity contribution in [2.75, 3.05) is 11.9 Å². The number of aryl methyl sites for hydroxylation is 1. The molecule has 2 aromatic rings. The third-order valence-electron chi connectivity index (χ3n) is 2.34. The Morgan fingerprint density at radius 2 is 1.61 bits per heavy atom. The molecule has 2 rings (SSSR count). The lowest BCUT2D eigenvalue weighted by Crippen LogP contribution is -1.97. The van der Waals surface area contributed by atoms with Crippen molar-refractivity contribution in [3.63, 3.8) is 0 Å². The van der Waals surface area contributed by atoms with Crippen LogP contribution in [0.3, 0.4) is 0 Å². The van der Waals surface area contributed by atoms with Crippen LogP contribution >= 0.6 is 0 Å². The third kappa shape index (κ3) is 4.78. The first-order valence-corrected chi connectivity index (χ1v) is 5.91. The van der Waals surface area contributed by atoms with Crippen molar-refractivity contribution in [2.24, 2.45) is 0 Å². The Kier molecular flexibility index (Phi) is 5.58. The number of benzene rings is 2. The second-order valence-electron chi connectivity index (χ2n) is 3.87. The van der Waals surface area contributed by atoms with Crippen molar-refractivity contribution in [1.29, 1.82) is 0 Å². The van der Waals surface area contributed by atoms with E-state index in [-0.39, 0.29) is 0 Å². The second-order valence-corrected chi connectivity index (χ2v) is 3.87. The zero-order valence-electron chi connectivity index (χ0n) is 10.7. The fraction of sp³-hybridized carbons (Fsp3) is 0.200. The molecule has 0 amide bonds. The fourth-order valence-corrected chi connectivity index (χ4v) is 1.42. The van der Waals surface area contributed by atoms with Gasteiger partial charge in [0.15, 0.2) is 0 Å². The van der Waals surface area contributed by atoms with E-state index in [2.05, 4.69) is 5.32 Å². The van der Waals surface area contributed by atoms with Gasteiger partial charge in [0.1, 0.15) is 11.5 Å². The summed E-state index contributed by atoms with van der Waals surface area (Å²) in [6.45, 7) is 4.92. The van der Waals surface area contributed by atoms with Gasteiger partial charge in [0.25, 0.3) is 0 Å². The molecule has 0 heterocycles. The molecule has 0 fully saturated rings. The number of anilines is 1. The Morgan fingerprint density at radius 3 is 2.11 bits per heavy atom. The number of phenols is 2. The molecule has 96 valence electrons. The molecule has 3 N–H and O–H groups in total. The maximum Gasteiger partial charge on any atom is 0.117 e. The van der Waals surface area contributed by atoms with E-state index in [0.717, 1.165) is 17.8 Å². The first kappa shape index (κ1) is 13.9. The molecule has 0 aliphatic carbocycles. The summed E-state index contributed by atoms with van der Waals surface area (Å²) in [7, 11) is 0. The van der Waals surface area contributed by atoms with Gasteiger partial charge in [-0.25, -0.2) is 0 Å². The summed E-state index contributed by atoms with van der Waals surface area (Å²) in [4.78, 5) is 0. The van der Waals surface area contributed by atoms with Gasteiger partial charge in [-0.1, -0.05) is 24.3 Å². The lowest BCUT2D eigenvalue weighted by Gasteiger charge is -2.06. The molecule has 0 saturated carbocycles. The summed E-state index contributed by atoms with van der Waals surface area (Å²) in [5, 5.41) is 20.9. The van der Waals surface area contributed by atoms with E-state index in [0.29, 0.717) is 11.5 Å². The van der Waals surface area contributed by atoms with Crippen LogP contribution in [0.25, 0.3) is 0 Å². The summed E-state index contributed by atoms with van der Waals surface area (Å²) in [5.41, 5.74) is 2.16. The Balaban J connectivity index is 0.000000199. The molecule has 2 aromatic carbocycles. The predicted molar refractivity (Wildman–Crippen MR) is 75.1 cm³/mol. The number of phenolic OH excluding ortho intramolecular Hbond substituents is 2. The predicted octanol–water partition coefficient (Wildman–Crippen LogP) is 3.52. The molecule has 0 aliphatic rings. The summed E-state index contributed by atoms with van der Waals surface area (Å²) < 4.78 is 0. The lowest BCUT2D eigenvalue weighted by molar-refractivity contribution is 0.475. The minimum Gasteiger partial charge on any atom is -0.508 e.